The van der Waals surface area contributed by atoms with Gasteiger partial charge in [-0.25, -0.2) is 0 Å². The molecule has 2 rings (SSSR count). The Morgan fingerprint density at radius 2 is 1.78 bits per heavy atom. The summed E-state index contributed by atoms with van der Waals surface area (Å²) in [6.45, 7) is 2.16. The number of allylic oxidation sites excluding steroid dienone is 1. The van der Waals surface area contributed by atoms with Crippen LogP contribution in [0.3, 0.4) is 0 Å². The SMILES string of the molecule is Cc1ccc(C2(CC/C=C/Cl)CCCCC2)cc1. The summed E-state index contributed by atoms with van der Waals surface area (Å²) in [5.41, 5.74) is 4.95. The minimum absolute atomic E-state index is 0.405. The lowest BCUT2D eigenvalue weighted by atomic mass is 9.67. The third kappa shape index (κ3) is 3.17. The summed E-state index contributed by atoms with van der Waals surface area (Å²) in [6, 6.07) is 9.18. The Labute approximate surface area is 116 Å². The second kappa shape index (κ2) is 6.43. The topological polar surface area (TPSA) is 0 Å². The fourth-order valence-electron chi connectivity index (χ4n) is 3.24. The maximum Gasteiger partial charge on any atom is 0.000246 e. The first-order valence-corrected chi connectivity index (χ1v) is 7.53. The van der Waals surface area contributed by atoms with Crippen LogP contribution in [-0.4, -0.2) is 0 Å². The molecule has 0 atom stereocenters. The Morgan fingerprint density at radius 1 is 1.11 bits per heavy atom. The van der Waals surface area contributed by atoms with Crippen molar-refractivity contribution in [3.63, 3.8) is 0 Å². The van der Waals surface area contributed by atoms with Gasteiger partial charge in [-0.1, -0.05) is 66.8 Å². The number of rotatable bonds is 4. The predicted molar refractivity (Wildman–Crippen MR) is 80.2 cm³/mol. The van der Waals surface area contributed by atoms with Crippen LogP contribution < -0.4 is 0 Å². The summed E-state index contributed by atoms with van der Waals surface area (Å²) < 4.78 is 0. The molecule has 1 aromatic carbocycles. The number of halogens is 1. The molecule has 1 heteroatoms. The fourth-order valence-corrected chi connectivity index (χ4v) is 3.37. The second-order valence-electron chi connectivity index (χ2n) is 5.61. The highest BCUT2D eigenvalue weighted by molar-refractivity contribution is 6.25. The van der Waals surface area contributed by atoms with Gasteiger partial charge in [-0.05, 0) is 43.6 Å². The average molecular weight is 263 g/mol. The Balaban J connectivity index is 2.20. The van der Waals surface area contributed by atoms with Crippen LogP contribution in [0.25, 0.3) is 0 Å². The minimum atomic E-state index is 0.405. The molecule has 0 aromatic heterocycles. The van der Waals surface area contributed by atoms with E-state index in [4.69, 9.17) is 11.6 Å². The lowest BCUT2D eigenvalue weighted by molar-refractivity contribution is 0.275. The van der Waals surface area contributed by atoms with Crippen LogP contribution in [0.5, 0.6) is 0 Å². The van der Waals surface area contributed by atoms with Gasteiger partial charge in [0.2, 0.25) is 0 Å². The van der Waals surface area contributed by atoms with E-state index in [1.807, 2.05) is 0 Å². The summed E-state index contributed by atoms with van der Waals surface area (Å²) in [6.07, 6.45) is 11.2. The maximum atomic E-state index is 5.65. The fraction of sp³-hybridized carbons (Fsp3) is 0.529. The molecule has 1 aromatic rings. The van der Waals surface area contributed by atoms with E-state index < -0.39 is 0 Å². The summed E-state index contributed by atoms with van der Waals surface area (Å²) in [5, 5.41) is 0. The average Bonchev–Trinajstić information content (AvgIpc) is 2.41. The van der Waals surface area contributed by atoms with Gasteiger partial charge in [-0.15, -0.1) is 0 Å². The molecule has 18 heavy (non-hydrogen) atoms. The first-order chi connectivity index (χ1) is 8.77. The summed E-state index contributed by atoms with van der Waals surface area (Å²) in [4.78, 5) is 0. The van der Waals surface area contributed by atoms with Crippen molar-refractivity contribution in [3.8, 4) is 0 Å². The van der Waals surface area contributed by atoms with Gasteiger partial charge in [0.05, 0.1) is 0 Å². The highest BCUT2D eigenvalue weighted by Crippen LogP contribution is 2.43. The molecule has 1 saturated carbocycles. The molecule has 1 aliphatic rings. The highest BCUT2D eigenvalue weighted by Gasteiger charge is 2.32. The van der Waals surface area contributed by atoms with Crippen molar-refractivity contribution in [1.82, 2.24) is 0 Å². The van der Waals surface area contributed by atoms with Crippen molar-refractivity contribution >= 4 is 11.6 Å². The normalized spacial score (nSPS) is 19.2. The Morgan fingerprint density at radius 3 is 2.39 bits per heavy atom. The third-order valence-electron chi connectivity index (χ3n) is 4.35. The van der Waals surface area contributed by atoms with E-state index in [0.717, 1.165) is 6.42 Å². The lowest BCUT2D eigenvalue weighted by Crippen LogP contribution is -2.28. The number of hydrogen-bond acceptors (Lipinski definition) is 0. The van der Waals surface area contributed by atoms with Gasteiger partial charge < -0.3 is 0 Å². The predicted octanol–water partition coefficient (Wildman–Crippen LogP) is 5.73. The van der Waals surface area contributed by atoms with Crippen LogP contribution in [0, 0.1) is 6.92 Å². The molecule has 0 heterocycles. The van der Waals surface area contributed by atoms with E-state index >= 15 is 0 Å². The van der Waals surface area contributed by atoms with Crippen LogP contribution in [0.4, 0.5) is 0 Å². The lowest BCUT2D eigenvalue weighted by Gasteiger charge is -2.38. The standard InChI is InChI=1S/C17H23Cl/c1-15-7-9-16(10-8-15)17(13-5-6-14-18)11-3-2-4-12-17/h6-10,14H,2-5,11-13H2,1H3/b14-6+. The summed E-state index contributed by atoms with van der Waals surface area (Å²) in [5.74, 6) is 0. The molecule has 0 amide bonds. The van der Waals surface area contributed by atoms with Crippen molar-refractivity contribution in [2.45, 2.75) is 57.3 Å². The van der Waals surface area contributed by atoms with E-state index in [1.165, 1.54) is 49.7 Å². The molecule has 98 valence electrons. The zero-order valence-electron chi connectivity index (χ0n) is 11.3. The van der Waals surface area contributed by atoms with Gasteiger partial charge in [0.1, 0.15) is 0 Å². The second-order valence-corrected chi connectivity index (χ2v) is 5.86. The Hall–Kier alpha value is -0.750. The molecule has 0 spiro atoms. The first-order valence-electron chi connectivity index (χ1n) is 7.09. The third-order valence-corrected chi connectivity index (χ3v) is 4.53. The van der Waals surface area contributed by atoms with Gasteiger partial charge in [0.25, 0.3) is 0 Å². The molecule has 0 N–H and O–H groups in total. The van der Waals surface area contributed by atoms with Crippen LogP contribution in [0.1, 0.15) is 56.1 Å². The Kier molecular flexibility index (Phi) is 4.88. The van der Waals surface area contributed by atoms with Gasteiger partial charge in [-0.2, -0.15) is 0 Å². The van der Waals surface area contributed by atoms with Crippen molar-refractivity contribution < 1.29 is 0 Å². The van der Waals surface area contributed by atoms with E-state index in [9.17, 15) is 0 Å². The van der Waals surface area contributed by atoms with Crippen LogP contribution in [0.15, 0.2) is 35.9 Å². The van der Waals surface area contributed by atoms with Crippen LogP contribution in [0.2, 0.25) is 0 Å². The quantitative estimate of drug-likeness (QED) is 0.650. The molecule has 0 unspecified atom stereocenters. The zero-order valence-corrected chi connectivity index (χ0v) is 12.0. The van der Waals surface area contributed by atoms with E-state index in [-0.39, 0.29) is 0 Å². The van der Waals surface area contributed by atoms with Gasteiger partial charge in [0.15, 0.2) is 0 Å². The van der Waals surface area contributed by atoms with Crippen molar-refractivity contribution in [3.05, 3.63) is 47.0 Å². The van der Waals surface area contributed by atoms with Crippen molar-refractivity contribution in [2.75, 3.05) is 0 Å². The molecule has 0 saturated heterocycles. The van der Waals surface area contributed by atoms with Crippen molar-refractivity contribution in [1.29, 1.82) is 0 Å². The molecule has 1 fully saturated rings. The van der Waals surface area contributed by atoms with Gasteiger partial charge in [-0.3, -0.25) is 0 Å². The summed E-state index contributed by atoms with van der Waals surface area (Å²) >= 11 is 5.65. The number of aryl methyl sites for hydroxylation is 1. The van der Waals surface area contributed by atoms with Gasteiger partial charge >= 0.3 is 0 Å². The van der Waals surface area contributed by atoms with Crippen LogP contribution in [-0.2, 0) is 5.41 Å². The Bertz CT molecular complexity index is 383. The van der Waals surface area contributed by atoms with Crippen molar-refractivity contribution in [2.24, 2.45) is 0 Å². The van der Waals surface area contributed by atoms with E-state index in [1.54, 1.807) is 5.54 Å². The minimum Gasteiger partial charge on any atom is -0.0933 e. The van der Waals surface area contributed by atoms with E-state index in [2.05, 4.69) is 37.3 Å². The van der Waals surface area contributed by atoms with E-state index in [0.29, 0.717) is 5.41 Å². The zero-order chi connectivity index (χ0) is 12.8. The number of benzene rings is 1. The molecular formula is C17H23Cl. The number of hydrogen-bond donors (Lipinski definition) is 0. The smallest absolute Gasteiger partial charge is 0.000246 e. The molecule has 0 nitrogen and oxygen atoms in total. The largest absolute Gasteiger partial charge is 0.0933 e. The molecule has 0 radical (unpaired) electrons. The molecular weight excluding hydrogens is 240 g/mol. The summed E-state index contributed by atoms with van der Waals surface area (Å²) in [7, 11) is 0. The molecule has 1 aliphatic carbocycles. The van der Waals surface area contributed by atoms with Gasteiger partial charge in [0, 0.05) is 5.54 Å². The van der Waals surface area contributed by atoms with Crippen LogP contribution >= 0.6 is 11.6 Å². The molecule has 0 bridgehead atoms. The monoisotopic (exact) mass is 262 g/mol. The first kappa shape index (κ1) is 13.7. The molecule has 0 aliphatic heterocycles. The maximum absolute atomic E-state index is 5.65. The highest BCUT2D eigenvalue weighted by atomic mass is 35.5.